The lowest BCUT2D eigenvalue weighted by molar-refractivity contribution is -0.446. The normalized spacial score (nSPS) is 29.7. The molecule has 4 atom stereocenters. The van der Waals surface area contributed by atoms with E-state index in [9.17, 15) is 0 Å². The average molecular weight is 529 g/mol. The van der Waals surface area contributed by atoms with Crippen LogP contribution in [0.25, 0.3) is 0 Å². The number of rotatable bonds is 14. The van der Waals surface area contributed by atoms with Crippen molar-refractivity contribution in [1.82, 2.24) is 0 Å². The zero-order chi connectivity index (χ0) is 26.5. The predicted octanol–water partition coefficient (Wildman–Crippen LogP) is 2.28. The molecule has 0 N–H and O–H groups in total. The maximum Gasteiger partial charge on any atom is 0.291 e. The molecule has 4 aliphatic heterocycles. The van der Waals surface area contributed by atoms with Gasteiger partial charge >= 0.3 is 0 Å². The third-order valence-electron chi connectivity index (χ3n) is 5.69. The smallest absolute Gasteiger partial charge is 0.291 e. The van der Waals surface area contributed by atoms with Crippen molar-refractivity contribution < 1.29 is 56.8 Å². The SMILES string of the molecule is C=C1COC(COCC(C)(C)C(OCC2OCC(=C)O2)(OCC2OCC(=C)O2)OCC2OCC(=C)O2)O1. The van der Waals surface area contributed by atoms with E-state index < -0.39 is 36.5 Å². The zero-order valence-electron chi connectivity index (χ0n) is 21.4. The topological polar surface area (TPSA) is 111 Å². The Morgan fingerprint density at radius 2 is 0.919 bits per heavy atom. The Kier molecular flexibility index (Phi) is 9.14. The van der Waals surface area contributed by atoms with Gasteiger partial charge in [0.1, 0.15) is 75.9 Å². The molecule has 0 spiro atoms. The van der Waals surface area contributed by atoms with Crippen molar-refractivity contribution in [2.24, 2.45) is 5.41 Å². The molecule has 4 heterocycles. The van der Waals surface area contributed by atoms with E-state index in [4.69, 9.17) is 56.8 Å². The highest BCUT2D eigenvalue weighted by Gasteiger charge is 2.52. The summed E-state index contributed by atoms with van der Waals surface area (Å²) in [7, 11) is 0. The van der Waals surface area contributed by atoms with Crippen molar-refractivity contribution in [3.8, 4) is 0 Å². The predicted molar refractivity (Wildman–Crippen MR) is 125 cm³/mol. The first-order chi connectivity index (χ1) is 17.6. The highest BCUT2D eigenvalue weighted by Crippen LogP contribution is 2.39. The molecule has 4 saturated heterocycles. The van der Waals surface area contributed by atoms with Crippen LogP contribution in [0.15, 0.2) is 49.4 Å². The van der Waals surface area contributed by atoms with Crippen LogP contribution in [0.4, 0.5) is 0 Å². The van der Waals surface area contributed by atoms with Crippen LogP contribution in [0, 0.1) is 5.41 Å². The fourth-order valence-electron chi connectivity index (χ4n) is 3.83. The molecule has 0 aromatic heterocycles. The molecule has 0 bridgehead atoms. The Labute approximate surface area is 216 Å². The second-order valence-electron chi connectivity index (χ2n) is 9.48. The molecule has 0 aromatic rings. The Morgan fingerprint density at radius 1 is 0.595 bits per heavy atom. The van der Waals surface area contributed by atoms with E-state index in [2.05, 4.69) is 26.3 Å². The average Bonchev–Trinajstić information content (AvgIpc) is 3.64. The maximum atomic E-state index is 6.28. The van der Waals surface area contributed by atoms with Gasteiger partial charge < -0.3 is 56.8 Å². The van der Waals surface area contributed by atoms with Crippen LogP contribution in [0.1, 0.15) is 13.8 Å². The first-order valence-electron chi connectivity index (χ1n) is 12.0. The van der Waals surface area contributed by atoms with Crippen LogP contribution in [-0.4, -0.2) is 90.6 Å². The molecule has 12 heteroatoms. The number of hydrogen-bond donors (Lipinski definition) is 0. The largest absolute Gasteiger partial charge is 0.465 e. The van der Waals surface area contributed by atoms with Gasteiger partial charge in [-0.05, 0) is 13.8 Å². The van der Waals surface area contributed by atoms with Crippen molar-refractivity contribution in [1.29, 1.82) is 0 Å². The summed E-state index contributed by atoms with van der Waals surface area (Å²) in [4.78, 5) is 0. The fraction of sp³-hybridized carbons (Fsp3) is 0.680. The van der Waals surface area contributed by atoms with Gasteiger partial charge in [0.2, 0.25) is 25.2 Å². The molecule has 0 radical (unpaired) electrons. The van der Waals surface area contributed by atoms with Gasteiger partial charge in [0.15, 0.2) is 0 Å². The highest BCUT2D eigenvalue weighted by molar-refractivity contribution is 4.91. The van der Waals surface area contributed by atoms with Crippen molar-refractivity contribution in [2.45, 2.75) is 45.0 Å². The minimum absolute atomic E-state index is 0.0324. The summed E-state index contributed by atoms with van der Waals surface area (Å²) in [5.41, 5.74) is -0.927. The molecule has 4 aliphatic rings. The van der Waals surface area contributed by atoms with Crippen LogP contribution in [0.3, 0.4) is 0 Å². The van der Waals surface area contributed by atoms with Crippen molar-refractivity contribution >= 4 is 0 Å². The number of hydrogen-bond acceptors (Lipinski definition) is 12. The van der Waals surface area contributed by atoms with Crippen molar-refractivity contribution in [2.75, 3.05) is 59.5 Å². The third kappa shape index (κ3) is 7.45. The fourth-order valence-corrected chi connectivity index (χ4v) is 3.83. The molecule has 0 aliphatic carbocycles. The van der Waals surface area contributed by atoms with Gasteiger partial charge in [-0.25, -0.2) is 0 Å². The Bertz CT molecular complexity index is 781. The summed E-state index contributed by atoms with van der Waals surface area (Å²) in [5, 5.41) is 0. The van der Waals surface area contributed by atoms with E-state index in [-0.39, 0.29) is 52.9 Å². The highest BCUT2D eigenvalue weighted by atomic mass is 16.9. The van der Waals surface area contributed by atoms with Crippen LogP contribution in [-0.2, 0) is 56.8 Å². The molecular formula is C25H36O12. The summed E-state index contributed by atoms with van der Waals surface area (Å²) in [5.74, 6) is 0.336. The minimum atomic E-state index is -1.71. The zero-order valence-corrected chi connectivity index (χ0v) is 21.4. The van der Waals surface area contributed by atoms with Gasteiger partial charge in [0, 0.05) is 0 Å². The summed E-state index contributed by atoms with van der Waals surface area (Å²) in [6.45, 7) is 20.1. The van der Waals surface area contributed by atoms with Gasteiger partial charge in [-0.3, -0.25) is 0 Å². The molecule has 0 aromatic carbocycles. The quantitative estimate of drug-likeness (QED) is 0.309. The van der Waals surface area contributed by atoms with E-state index in [1.807, 2.05) is 13.8 Å². The Balaban J connectivity index is 1.48. The molecule has 12 nitrogen and oxygen atoms in total. The minimum Gasteiger partial charge on any atom is -0.465 e. The van der Waals surface area contributed by atoms with Crippen LogP contribution < -0.4 is 0 Å². The van der Waals surface area contributed by atoms with Crippen LogP contribution in [0.2, 0.25) is 0 Å². The first kappa shape index (κ1) is 27.9. The number of ether oxygens (including phenoxy) is 12. The Hall–Kier alpha value is -2.16. The molecular weight excluding hydrogens is 492 g/mol. The monoisotopic (exact) mass is 528 g/mol. The lowest BCUT2D eigenvalue weighted by Crippen LogP contribution is -2.56. The summed E-state index contributed by atoms with van der Waals surface area (Å²) >= 11 is 0. The van der Waals surface area contributed by atoms with Crippen LogP contribution in [0.5, 0.6) is 0 Å². The summed E-state index contributed by atoms with van der Waals surface area (Å²) in [6, 6.07) is 0. The van der Waals surface area contributed by atoms with E-state index >= 15 is 0 Å². The molecule has 4 rings (SSSR count). The van der Waals surface area contributed by atoms with Gasteiger partial charge in [0.05, 0.1) is 12.0 Å². The summed E-state index contributed by atoms with van der Waals surface area (Å²) < 4.78 is 69.1. The second kappa shape index (κ2) is 12.1. The van der Waals surface area contributed by atoms with E-state index in [0.29, 0.717) is 29.6 Å². The van der Waals surface area contributed by atoms with Gasteiger partial charge in [0.25, 0.3) is 5.97 Å². The van der Waals surface area contributed by atoms with E-state index in [1.165, 1.54) is 0 Å². The van der Waals surface area contributed by atoms with Crippen LogP contribution >= 0.6 is 0 Å². The molecule has 0 amide bonds. The molecule has 37 heavy (non-hydrogen) atoms. The van der Waals surface area contributed by atoms with Crippen molar-refractivity contribution in [3.63, 3.8) is 0 Å². The lowest BCUT2D eigenvalue weighted by Gasteiger charge is -2.45. The van der Waals surface area contributed by atoms with Gasteiger partial charge in [-0.1, -0.05) is 26.3 Å². The standard InChI is InChI=1S/C25H36O12/c1-16-7-27-20(34-16)11-26-15-24(5,6)25(31-12-21-28-8-17(2)35-21,32-13-22-29-9-18(3)36-22)33-14-23-30-10-19(4)37-23/h20-23H,1-4,7-15H2,5-6H3. The maximum absolute atomic E-state index is 6.28. The van der Waals surface area contributed by atoms with Gasteiger partial charge in [-0.15, -0.1) is 0 Å². The Morgan fingerprint density at radius 3 is 1.22 bits per heavy atom. The van der Waals surface area contributed by atoms with Gasteiger partial charge in [-0.2, -0.15) is 0 Å². The molecule has 4 fully saturated rings. The second-order valence-corrected chi connectivity index (χ2v) is 9.48. The molecule has 4 unspecified atom stereocenters. The lowest BCUT2D eigenvalue weighted by atomic mass is 9.90. The first-order valence-corrected chi connectivity index (χ1v) is 12.0. The molecule has 0 saturated carbocycles. The molecule has 208 valence electrons. The van der Waals surface area contributed by atoms with E-state index in [1.54, 1.807) is 0 Å². The third-order valence-corrected chi connectivity index (χ3v) is 5.69. The summed E-state index contributed by atoms with van der Waals surface area (Å²) in [6.07, 6.45) is -2.64. The van der Waals surface area contributed by atoms with E-state index in [0.717, 1.165) is 0 Å². The van der Waals surface area contributed by atoms with Crippen molar-refractivity contribution in [3.05, 3.63) is 49.4 Å².